The third-order valence-corrected chi connectivity index (χ3v) is 3.76. The van der Waals surface area contributed by atoms with Crippen LogP contribution in [0.5, 0.6) is 0 Å². The van der Waals surface area contributed by atoms with Crippen molar-refractivity contribution < 1.29 is 9.90 Å². The summed E-state index contributed by atoms with van der Waals surface area (Å²) in [4.78, 5) is 19.0. The molecule has 1 amide bonds. The molecule has 1 aromatic rings. The number of piperidine rings is 1. The number of nitrogens with zero attached hydrogens (tertiary/aromatic N) is 2. The van der Waals surface area contributed by atoms with E-state index in [4.69, 9.17) is 5.11 Å². The summed E-state index contributed by atoms with van der Waals surface area (Å²) in [5, 5.41) is 12.4. The molecule has 1 aromatic heterocycles. The van der Waals surface area contributed by atoms with Gasteiger partial charge in [0.25, 0.3) is 5.91 Å². The summed E-state index contributed by atoms with van der Waals surface area (Å²) in [7, 11) is 0. The fourth-order valence-corrected chi connectivity index (χ4v) is 2.79. The van der Waals surface area contributed by atoms with Gasteiger partial charge >= 0.3 is 0 Å². The summed E-state index contributed by atoms with van der Waals surface area (Å²) in [6.45, 7) is 4.96. The van der Waals surface area contributed by atoms with Crippen LogP contribution in [0.15, 0.2) is 18.2 Å². The van der Waals surface area contributed by atoms with Gasteiger partial charge in [-0.1, -0.05) is 6.07 Å². The molecule has 0 radical (unpaired) electrons. The molecule has 1 aliphatic rings. The van der Waals surface area contributed by atoms with Crippen LogP contribution < -0.4 is 5.32 Å². The van der Waals surface area contributed by atoms with Crippen molar-refractivity contribution in [3.63, 3.8) is 0 Å². The first kappa shape index (κ1) is 15.8. The Balaban J connectivity index is 2.14. The smallest absolute Gasteiger partial charge is 0.272 e. The molecule has 0 aliphatic carbocycles. The van der Waals surface area contributed by atoms with Crippen molar-refractivity contribution >= 4 is 11.7 Å². The van der Waals surface area contributed by atoms with Gasteiger partial charge in [-0.25, -0.2) is 4.98 Å². The summed E-state index contributed by atoms with van der Waals surface area (Å²) in [5.41, 5.74) is 0.477. The van der Waals surface area contributed by atoms with E-state index < -0.39 is 0 Å². The molecule has 0 spiro atoms. The maximum absolute atomic E-state index is 12.7. The van der Waals surface area contributed by atoms with Crippen LogP contribution in [-0.4, -0.2) is 46.1 Å². The molecule has 21 heavy (non-hydrogen) atoms. The number of amides is 1. The van der Waals surface area contributed by atoms with Gasteiger partial charge in [-0.2, -0.15) is 0 Å². The number of hydrogen-bond acceptors (Lipinski definition) is 4. The summed E-state index contributed by atoms with van der Waals surface area (Å²) < 4.78 is 0. The molecule has 5 heteroatoms. The number of carbonyl (C=O) groups excluding carboxylic acids is 1. The molecule has 1 aliphatic heterocycles. The second-order valence-corrected chi connectivity index (χ2v) is 5.87. The molecule has 0 saturated carbocycles. The minimum absolute atomic E-state index is 0.0273. The van der Waals surface area contributed by atoms with Crippen molar-refractivity contribution in [2.45, 2.75) is 51.6 Å². The number of aromatic nitrogens is 1. The number of rotatable bonds is 5. The molecule has 2 rings (SSSR count). The van der Waals surface area contributed by atoms with Crippen LogP contribution in [0.2, 0.25) is 0 Å². The number of nitrogens with one attached hydrogen (secondary N) is 1. The Morgan fingerprint density at radius 3 is 3.00 bits per heavy atom. The number of likely N-dealkylation sites (tertiary alicyclic amines) is 1. The van der Waals surface area contributed by atoms with Crippen LogP contribution >= 0.6 is 0 Å². The Bertz CT molecular complexity index is 474. The first-order chi connectivity index (χ1) is 10.1. The average Bonchev–Trinajstić information content (AvgIpc) is 2.47. The van der Waals surface area contributed by atoms with Crippen molar-refractivity contribution in [3.8, 4) is 0 Å². The highest BCUT2D eigenvalue weighted by molar-refractivity contribution is 5.93. The SMILES string of the molecule is CC(C)Nc1cccc(C(=O)N2CCCCC2CCO)n1. The highest BCUT2D eigenvalue weighted by atomic mass is 16.3. The van der Waals surface area contributed by atoms with E-state index in [0.29, 0.717) is 12.1 Å². The minimum Gasteiger partial charge on any atom is -0.396 e. The highest BCUT2D eigenvalue weighted by Gasteiger charge is 2.27. The maximum atomic E-state index is 12.7. The average molecular weight is 291 g/mol. The predicted octanol–water partition coefficient (Wildman–Crippen LogP) is 2.28. The predicted molar refractivity (Wildman–Crippen MR) is 83.4 cm³/mol. The first-order valence-electron chi connectivity index (χ1n) is 7.77. The fourth-order valence-electron chi connectivity index (χ4n) is 2.79. The van der Waals surface area contributed by atoms with Crippen LogP contribution in [0.1, 0.15) is 50.0 Å². The zero-order valence-electron chi connectivity index (χ0n) is 12.9. The van der Waals surface area contributed by atoms with Gasteiger partial charge < -0.3 is 15.3 Å². The molecular weight excluding hydrogens is 266 g/mol. The van der Waals surface area contributed by atoms with Gasteiger partial charge in [0, 0.05) is 25.2 Å². The Morgan fingerprint density at radius 2 is 2.29 bits per heavy atom. The minimum atomic E-state index is -0.0273. The lowest BCUT2D eigenvalue weighted by atomic mass is 9.99. The molecule has 1 fully saturated rings. The molecule has 0 bridgehead atoms. The number of carbonyl (C=O) groups is 1. The summed E-state index contributed by atoms with van der Waals surface area (Å²) in [6, 6.07) is 5.91. The lowest BCUT2D eigenvalue weighted by molar-refractivity contribution is 0.0569. The Kier molecular flexibility index (Phi) is 5.56. The second kappa shape index (κ2) is 7.41. The van der Waals surface area contributed by atoms with Crippen LogP contribution in [0, 0.1) is 0 Å². The van der Waals surface area contributed by atoms with E-state index in [2.05, 4.69) is 10.3 Å². The van der Waals surface area contributed by atoms with E-state index in [1.807, 2.05) is 30.9 Å². The van der Waals surface area contributed by atoms with Gasteiger partial charge in [0.15, 0.2) is 0 Å². The molecular formula is C16H25N3O2. The van der Waals surface area contributed by atoms with Gasteiger partial charge in [0.05, 0.1) is 0 Å². The molecule has 0 aromatic carbocycles. The Hall–Kier alpha value is -1.62. The Morgan fingerprint density at radius 1 is 1.48 bits per heavy atom. The third kappa shape index (κ3) is 4.17. The number of anilines is 1. The fraction of sp³-hybridized carbons (Fsp3) is 0.625. The zero-order valence-corrected chi connectivity index (χ0v) is 12.9. The van der Waals surface area contributed by atoms with E-state index >= 15 is 0 Å². The maximum Gasteiger partial charge on any atom is 0.272 e. The van der Waals surface area contributed by atoms with E-state index in [9.17, 15) is 4.79 Å². The van der Waals surface area contributed by atoms with Crippen LogP contribution in [0.25, 0.3) is 0 Å². The van der Waals surface area contributed by atoms with Crippen molar-refractivity contribution in [1.29, 1.82) is 0 Å². The van der Waals surface area contributed by atoms with E-state index in [0.717, 1.165) is 31.6 Å². The van der Waals surface area contributed by atoms with E-state index in [1.165, 1.54) is 0 Å². The van der Waals surface area contributed by atoms with Gasteiger partial charge in [-0.3, -0.25) is 4.79 Å². The van der Waals surface area contributed by atoms with Gasteiger partial charge in [-0.05, 0) is 51.7 Å². The number of aliphatic hydroxyl groups excluding tert-OH is 1. The molecule has 116 valence electrons. The summed E-state index contributed by atoms with van der Waals surface area (Å²) >= 11 is 0. The largest absolute Gasteiger partial charge is 0.396 e. The molecule has 1 atom stereocenters. The molecule has 1 unspecified atom stereocenters. The number of aliphatic hydroxyl groups is 1. The van der Waals surface area contributed by atoms with Crippen molar-refractivity contribution in [1.82, 2.24) is 9.88 Å². The van der Waals surface area contributed by atoms with E-state index in [-0.39, 0.29) is 24.6 Å². The monoisotopic (exact) mass is 291 g/mol. The highest BCUT2D eigenvalue weighted by Crippen LogP contribution is 2.21. The topological polar surface area (TPSA) is 65.5 Å². The van der Waals surface area contributed by atoms with Crippen LogP contribution in [0.4, 0.5) is 5.82 Å². The quantitative estimate of drug-likeness (QED) is 0.873. The van der Waals surface area contributed by atoms with Crippen LogP contribution in [-0.2, 0) is 0 Å². The number of hydrogen-bond donors (Lipinski definition) is 2. The third-order valence-electron chi connectivity index (χ3n) is 3.76. The van der Waals surface area contributed by atoms with Gasteiger partial charge in [-0.15, -0.1) is 0 Å². The zero-order chi connectivity index (χ0) is 15.2. The Labute approximate surface area is 126 Å². The second-order valence-electron chi connectivity index (χ2n) is 5.87. The van der Waals surface area contributed by atoms with Crippen molar-refractivity contribution in [2.24, 2.45) is 0 Å². The summed E-state index contributed by atoms with van der Waals surface area (Å²) in [5.74, 6) is 0.701. The first-order valence-corrected chi connectivity index (χ1v) is 7.77. The standard InChI is InChI=1S/C16H25N3O2/c1-12(2)17-15-8-5-7-14(18-15)16(21)19-10-4-3-6-13(19)9-11-20/h5,7-8,12-13,20H,3-4,6,9-11H2,1-2H3,(H,17,18). The van der Waals surface area contributed by atoms with Crippen molar-refractivity contribution in [3.05, 3.63) is 23.9 Å². The lowest BCUT2D eigenvalue weighted by Crippen LogP contribution is -2.44. The van der Waals surface area contributed by atoms with Crippen molar-refractivity contribution in [2.75, 3.05) is 18.5 Å². The summed E-state index contributed by atoms with van der Waals surface area (Å²) in [6.07, 6.45) is 3.76. The lowest BCUT2D eigenvalue weighted by Gasteiger charge is -2.35. The molecule has 5 nitrogen and oxygen atoms in total. The molecule has 1 saturated heterocycles. The molecule has 2 N–H and O–H groups in total. The van der Waals surface area contributed by atoms with E-state index in [1.54, 1.807) is 6.07 Å². The van der Waals surface area contributed by atoms with Gasteiger partial charge in [0.2, 0.25) is 0 Å². The normalized spacial score (nSPS) is 18.9. The van der Waals surface area contributed by atoms with Gasteiger partial charge in [0.1, 0.15) is 11.5 Å². The molecule has 2 heterocycles. The number of pyridine rings is 1. The van der Waals surface area contributed by atoms with Crippen LogP contribution in [0.3, 0.4) is 0 Å².